The van der Waals surface area contributed by atoms with Gasteiger partial charge in [-0.3, -0.25) is 14.4 Å². The molecule has 1 fully saturated rings. The Labute approximate surface area is 279 Å². The maximum Gasteiger partial charge on any atom is 0.224 e. The minimum Gasteiger partial charge on any atom is -0.351 e. The van der Waals surface area contributed by atoms with Crippen molar-refractivity contribution in [3.05, 3.63) is 59.2 Å². The lowest BCUT2D eigenvalue weighted by atomic mass is 9.42. The van der Waals surface area contributed by atoms with Crippen molar-refractivity contribution >= 4 is 17.5 Å². The molecule has 46 heavy (non-hydrogen) atoms. The first-order valence-electron chi connectivity index (χ1n) is 17.4. The number of benzene rings is 1. The van der Waals surface area contributed by atoms with Gasteiger partial charge in [0.05, 0.1) is 12.0 Å². The Morgan fingerprint density at radius 2 is 1.59 bits per heavy atom. The Hall–Kier alpha value is -3.00. The number of rotatable bonds is 13. The minimum absolute atomic E-state index is 0.0117. The van der Waals surface area contributed by atoms with E-state index >= 15 is 0 Å². The van der Waals surface area contributed by atoms with E-state index < -0.39 is 16.4 Å². The van der Waals surface area contributed by atoms with Crippen LogP contribution >= 0.6 is 0 Å². The van der Waals surface area contributed by atoms with Crippen molar-refractivity contribution in [2.45, 2.75) is 139 Å². The molecule has 5 heteroatoms. The number of nitrogens with one attached hydrogen (secondary N) is 1. The third-order valence-corrected chi connectivity index (χ3v) is 12.2. The zero-order valence-corrected chi connectivity index (χ0v) is 30.7. The van der Waals surface area contributed by atoms with Crippen LogP contribution in [0.15, 0.2) is 53.6 Å². The van der Waals surface area contributed by atoms with Gasteiger partial charge in [0.25, 0.3) is 0 Å². The van der Waals surface area contributed by atoms with Crippen LogP contribution in [-0.4, -0.2) is 23.0 Å². The molecule has 252 valence electrons. The van der Waals surface area contributed by atoms with Gasteiger partial charge in [-0.1, -0.05) is 111 Å². The highest BCUT2D eigenvalue weighted by Gasteiger charge is 2.61. The molecule has 1 saturated carbocycles. The van der Waals surface area contributed by atoms with Crippen molar-refractivity contribution in [2.75, 3.05) is 0 Å². The second-order valence-corrected chi connectivity index (χ2v) is 17.2. The van der Waals surface area contributed by atoms with Gasteiger partial charge in [-0.15, -0.1) is 0 Å². The highest BCUT2D eigenvalue weighted by Crippen LogP contribution is 2.67. The highest BCUT2D eigenvalue weighted by molar-refractivity contribution is 6.04. The van der Waals surface area contributed by atoms with Crippen molar-refractivity contribution in [1.82, 2.24) is 5.32 Å². The molecule has 1 aromatic carbocycles. The third kappa shape index (κ3) is 7.75. The van der Waals surface area contributed by atoms with Crippen LogP contribution in [0.5, 0.6) is 0 Å². The van der Waals surface area contributed by atoms with E-state index in [1.165, 1.54) is 0 Å². The summed E-state index contributed by atoms with van der Waals surface area (Å²) in [7, 11) is 0. The van der Waals surface area contributed by atoms with Gasteiger partial charge in [-0.25, -0.2) is 0 Å². The van der Waals surface area contributed by atoms with Crippen LogP contribution in [0.3, 0.4) is 0 Å². The number of amides is 1. The molecule has 2 aliphatic carbocycles. The number of carbonyl (C=O) groups is 3. The summed E-state index contributed by atoms with van der Waals surface area (Å²) in [5.74, 6) is -0.0888. The first-order valence-corrected chi connectivity index (χ1v) is 17.4. The SMILES string of the molecule is CCCC(C)(C)CC[C@@](C)(CCC(C)(C)[C@]1(C)CC[C@H]2C(C)(C)C(=O)C(C#N)=C[C@]2(C)/C1=C/C(C)=O)NC(=O)Cc1ccccc1. The predicted molar refractivity (Wildman–Crippen MR) is 188 cm³/mol. The lowest BCUT2D eigenvalue weighted by Crippen LogP contribution is -2.56. The summed E-state index contributed by atoms with van der Waals surface area (Å²) in [6.07, 6.45) is 11.5. The molecule has 0 spiro atoms. The van der Waals surface area contributed by atoms with Crippen molar-refractivity contribution in [3.63, 3.8) is 0 Å². The number of Topliss-reactive ketones (excluding diaryl/α,β-unsaturated/α-hetero) is 1. The molecule has 0 radical (unpaired) electrons. The fourth-order valence-corrected chi connectivity index (χ4v) is 8.81. The van der Waals surface area contributed by atoms with Gasteiger partial charge in [0.15, 0.2) is 11.6 Å². The molecule has 1 N–H and O–H groups in total. The molecule has 0 heterocycles. The second-order valence-electron chi connectivity index (χ2n) is 17.2. The van der Waals surface area contributed by atoms with E-state index in [0.29, 0.717) is 6.42 Å². The van der Waals surface area contributed by atoms with Gasteiger partial charge in [0.2, 0.25) is 5.91 Å². The summed E-state index contributed by atoms with van der Waals surface area (Å²) in [6.45, 7) is 23.6. The largest absolute Gasteiger partial charge is 0.351 e. The summed E-state index contributed by atoms with van der Waals surface area (Å²) >= 11 is 0. The molecule has 1 aromatic rings. The maximum absolute atomic E-state index is 13.5. The summed E-state index contributed by atoms with van der Waals surface area (Å²) < 4.78 is 0. The molecular weight excluding hydrogens is 568 g/mol. The Kier molecular flexibility index (Phi) is 11.1. The Morgan fingerprint density at radius 3 is 2.15 bits per heavy atom. The van der Waals surface area contributed by atoms with Gasteiger partial charge in [-0.05, 0) is 92.6 Å². The standard InChI is InChI=1S/C41H60N2O3/c1-12-19-36(3,4)21-23-39(9,43-34(45)26-30-16-14-13-15-17-30)24-22-37(5,6)41(11)20-18-32-38(7,8)35(46)31(28-42)27-40(32,10)33(41)25-29(2)44/h13-17,25,27,32H,12,18-24,26H2,1-11H3,(H,43,45)/b33-25-/t32-,39-,40-,41+/m0/s1. The van der Waals surface area contributed by atoms with Crippen LogP contribution in [0, 0.1) is 44.3 Å². The zero-order chi connectivity index (χ0) is 34.8. The number of hydrogen-bond donors (Lipinski definition) is 1. The molecule has 3 rings (SSSR count). The smallest absolute Gasteiger partial charge is 0.224 e. The van der Waals surface area contributed by atoms with E-state index in [2.05, 4.69) is 66.8 Å². The van der Waals surface area contributed by atoms with Crippen LogP contribution in [0.4, 0.5) is 0 Å². The van der Waals surface area contributed by atoms with E-state index in [1.807, 2.05) is 50.3 Å². The molecular formula is C41H60N2O3. The van der Waals surface area contributed by atoms with E-state index in [4.69, 9.17) is 0 Å². The van der Waals surface area contributed by atoms with Gasteiger partial charge in [0.1, 0.15) is 6.07 Å². The van der Waals surface area contributed by atoms with Gasteiger partial charge in [0, 0.05) is 16.4 Å². The highest BCUT2D eigenvalue weighted by atomic mass is 16.2. The molecule has 0 unspecified atom stereocenters. The van der Waals surface area contributed by atoms with Crippen molar-refractivity contribution in [1.29, 1.82) is 5.26 Å². The monoisotopic (exact) mass is 628 g/mol. The lowest BCUT2D eigenvalue weighted by Gasteiger charge is -2.61. The molecule has 0 saturated heterocycles. The summed E-state index contributed by atoms with van der Waals surface area (Å²) in [6, 6.07) is 12.1. The summed E-state index contributed by atoms with van der Waals surface area (Å²) in [4.78, 5) is 39.7. The number of nitrogens with zero attached hydrogens (tertiary/aromatic N) is 1. The number of hydrogen-bond acceptors (Lipinski definition) is 4. The molecule has 4 atom stereocenters. The quantitative estimate of drug-likeness (QED) is 0.220. The fraction of sp³-hybridized carbons (Fsp3) is 0.659. The Morgan fingerprint density at radius 1 is 0.978 bits per heavy atom. The van der Waals surface area contributed by atoms with Crippen molar-refractivity contribution in [3.8, 4) is 6.07 Å². The van der Waals surface area contributed by atoms with Crippen molar-refractivity contribution < 1.29 is 14.4 Å². The number of fused-ring (bicyclic) bond motifs is 1. The van der Waals surface area contributed by atoms with Crippen LogP contribution in [0.25, 0.3) is 0 Å². The number of allylic oxidation sites excluding steroid dienone is 4. The van der Waals surface area contributed by atoms with Gasteiger partial charge in [-0.2, -0.15) is 5.26 Å². The maximum atomic E-state index is 13.5. The minimum atomic E-state index is -0.706. The lowest BCUT2D eigenvalue weighted by molar-refractivity contribution is -0.131. The van der Waals surface area contributed by atoms with E-state index in [-0.39, 0.29) is 45.2 Å². The van der Waals surface area contributed by atoms with Gasteiger partial charge < -0.3 is 5.32 Å². The second kappa shape index (κ2) is 13.6. The van der Waals surface area contributed by atoms with Crippen molar-refractivity contribution in [2.24, 2.45) is 33.0 Å². The topological polar surface area (TPSA) is 87.0 Å². The molecule has 5 nitrogen and oxygen atoms in total. The number of nitriles is 1. The predicted octanol–water partition coefficient (Wildman–Crippen LogP) is 9.51. The number of ketones is 2. The normalized spacial score (nSPS) is 26.8. The summed E-state index contributed by atoms with van der Waals surface area (Å²) in [5, 5.41) is 13.5. The van der Waals surface area contributed by atoms with E-state index in [1.54, 1.807) is 13.0 Å². The Bertz CT molecular complexity index is 1410. The summed E-state index contributed by atoms with van der Waals surface area (Å²) in [5.41, 5.74) is 0.0881. The Balaban J connectivity index is 1.99. The molecule has 2 aliphatic rings. The molecule has 0 aliphatic heterocycles. The number of carbonyl (C=O) groups excluding carboxylic acids is 3. The van der Waals surface area contributed by atoms with Crippen LogP contribution in [0.1, 0.15) is 133 Å². The average Bonchev–Trinajstić information content (AvgIpc) is 2.95. The average molecular weight is 629 g/mol. The van der Waals surface area contributed by atoms with Crippen LogP contribution in [-0.2, 0) is 20.8 Å². The zero-order valence-electron chi connectivity index (χ0n) is 30.7. The van der Waals surface area contributed by atoms with Crippen LogP contribution in [0.2, 0.25) is 0 Å². The first kappa shape index (κ1) is 37.5. The van der Waals surface area contributed by atoms with Crippen LogP contribution < -0.4 is 5.32 Å². The molecule has 1 amide bonds. The van der Waals surface area contributed by atoms with E-state index in [0.717, 1.165) is 62.5 Å². The first-order chi connectivity index (χ1) is 21.2. The third-order valence-electron chi connectivity index (χ3n) is 12.2. The van der Waals surface area contributed by atoms with Gasteiger partial charge >= 0.3 is 0 Å². The molecule has 0 bridgehead atoms. The molecule has 0 aromatic heterocycles. The fourth-order valence-electron chi connectivity index (χ4n) is 8.81. The van der Waals surface area contributed by atoms with E-state index in [9.17, 15) is 19.6 Å².